The molecular formula is C12H19N5. The molecule has 0 unspecified atom stereocenters. The maximum Gasteiger partial charge on any atom is 0.221 e. The van der Waals surface area contributed by atoms with Gasteiger partial charge in [0.05, 0.1) is 0 Å². The number of nitrogens with zero attached hydrogens (tertiary/aromatic N) is 4. The number of anilines is 2. The Kier molecular flexibility index (Phi) is 2.63. The summed E-state index contributed by atoms with van der Waals surface area (Å²) in [4.78, 5) is 13.1. The molecule has 3 heterocycles. The highest BCUT2D eigenvalue weighted by Crippen LogP contribution is 2.29. The fourth-order valence-corrected chi connectivity index (χ4v) is 3.06. The summed E-state index contributed by atoms with van der Waals surface area (Å²) >= 11 is 0. The average molecular weight is 233 g/mol. The number of rotatable bonds is 1. The number of aromatic nitrogens is 2. The average Bonchev–Trinajstić information content (AvgIpc) is 2.53. The zero-order valence-electron chi connectivity index (χ0n) is 10.2. The summed E-state index contributed by atoms with van der Waals surface area (Å²) in [5.74, 6) is 1.34. The monoisotopic (exact) mass is 233 g/mol. The maximum absolute atomic E-state index is 5.65. The molecule has 2 bridgehead atoms. The van der Waals surface area contributed by atoms with Crippen molar-refractivity contribution in [2.45, 2.75) is 31.3 Å². The Balaban J connectivity index is 1.81. The third-order valence-corrected chi connectivity index (χ3v) is 4.13. The predicted molar refractivity (Wildman–Crippen MR) is 67.8 cm³/mol. The minimum Gasteiger partial charge on any atom is -0.368 e. The molecule has 2 saturated heterocycles. The van der Waals surface area contributed by atoms with Gasteiger partial charge in [0.15, 0.2) is 0 Å². The SMILES string of the molecule is CN1[C@H]2CC[C@@H]1CN(c1ccnc(N)n1)CC2. The molecule has 1 aromatic heterocycles. The molecule has 2 fully saturated rings. The van der Waals surface area contributed by atoms with Gasteiger partial charge in [-0.15, -0.1) is 0 Å². The van der Waals surface area contributed by atoms with Crippen molar-refractivity contribution in [1.82, 2.24) is 14.9 Å². The quantitative estimate of drug-likeness (QED) is 0.775. The summed E-state index contributed by atoms with van der Waals surface area (Å²) in [6, 6.07) is 3.37. The summed E-state index contributed by atoms with van der Waals surface area (Å²) < 4.78 is 0. The van der Waals surface area contributed by atoms with Crippen molar-refractivity contribution in [1.29, 1.82) is 0 Å². The largest absolute Gasteiger partial charge is 0.368 e. The van der Waals surface area contributed by atoms with Crippen LogP contribution in [0, 0.1) is 0 Å². The molecule has 5 nitrogen and oxygen atoms in total. The van der Waals surface area contributed by atoms with Crippen molar-refractivity contribution in [2.75, 3.05) is 30.8 Å². The molecule has 2 atom stereocenters. The minimum atomic E-state index is 0.366. The molecule has 5 heteroatoms. The van der Waals surface area contributed by atoms with Gasteiger partial charge >= 0.3 is 0 Å². The minimum absolute atomic E-state index is 0.366. The van der Waals surface area contributed by atoms with Crippen LogP contribution in [0.2, 0.25) is 0 Å². The van der Waals surface area contributed by atoms with Gasteiger partial charge in [-0.2, -0.15) is 4.98 Å². The van der Waals surface area contributed by atoms with E-state index in [1.807, 2.05) is 6.07 Å². The Morgan fingerprint density at radius 2 is 2.12 bits per heavy atom. The van der Waals surface area contributed by atoms with Crippen LogP contribution in [-0.2, 0) is 0 Å². The fourth-order valence-electron chi connectivity index (χ4n) is 3.06. The van der Waals surface area contributed by atoms with Gasteiger partial charge in [0.1, 0.15) is 5.82 Å². The molecule has 0 aliphatic carbocycles. The number of hydrogen-bond donors (Lipinski definition) is 1. The van der Waals surface area contributed by atoms with Crippen LogP contribution in [-0.4, -0.2) is 47.1 Å². The zero-order valence-corrected chi connectivity index (χ0v) is 10.2. The summed E-state index contributed by atoms with van der Waals surface area (Å²) in [7, 11) is 2.25. The summed E-state index contributed by atoms with van der Waals surface area (Å²) in [6.07, 6.45) is 5.61. The normalized spacial score (nSPS) is 29.4. The van der Waals surface area contributed by atoms with Crippen molar-refractivity contribution in [3.05, 3.63) is 12.3 Å². The Hall–Kier alpha value is -1.36. The molecule has 0 radical (unpaired) electrons. The van der Waals surface area contributed by atoms with E-state index in [2.05, 4.69) is 26.8 Å². The van der Waals surface area contributed by atoms with Gasteiger partial charge in [-0.25, -0.2) is 4.98 Å². The van der Waals surface area contributed by atoms with Crippen LogP contribution in [0.4, 0.5) is 11.8 Å². The predicted octanol–water partition coefficient (Wildman–Crippen LogP) is 0.732. The second-order valence-corrected chi connectivity index (χ2v) is 5.06. The molecule has 2 aliphatic rings. The third-order valence-electron chi connectivity index (χ3n) is 4.13. The topological polar surface area (TPSA) is 58.3 Å². The van der Waals surface area contributed by atoms with E-state index in [-0.39, 0.29) is 0 Å². The smallest absolute Gasteiger partial charge is 0.221 e. The van der Waals surface area contributed by atoms with Crippen LogP contribution in [0.1, 0.15) is 19.3 Å². The fraction of sp³-hybridized carbons (Fsp3) is 0.667. The van der Waals surface area contributed by atoms with E-state index in [4.69, 9.17) is 5.73 Å². The highest BCUT2D eigenvalue weighted by Gasteiger charge is 2.34. The summed E-state index contributed by atoms with van der Waals surface area (Å²) in [5, 5.41) is 0. The molecule has 0 aromatic carbocycles. The molecule has 0 amide bonds. The first-order chi connectivity index (χ1) is 8.24. The van der Waals surface area contributed by atoms with E-state index < -0.39 is 0 Å². The second kappa shape index (κ2) is 4.14. The Morgan fingerprint density at radius 1 is 1.29 bits per heavy atom. The summed E-state index contributed by atoms with van der Waals surface area (Å²) in [6.45, 7) is 2.13. The molecule has 0 spiro atoms. The highest BCUT2D eigenvalue weighted by molar-refractivity contribution is 5.41. The standard InChI is InChI=1S/C12H19N5/c1-16-9-2-3-10(16)8-17(7-5-9)11-4-6-14-12(13)15-11/h4,6,9-10H,2-3,5,7-8H2,1H3,(H2,13,14,15)/t9-,10+/m0/s1. The molecule has 2 N–H and O–H groups in total. The Labute approximate surface area is 102 Å². The Morgan fingerprint density at radius 3 is 2.94 bits per heavy atom. The van der Waals surface area contributed by atoms with E-state index in [0.29, 0.717) is 12.0 Å². The Bertz CT molecular complexity index is 408. The van der Waals surface area contributed by atoms with Crippen LogP contribution in [0.15, 0.2) is 12.3 Å². The van der Waals surface area contributed by atoms with Crippen LogP contribution < -0.4 is 10.6 Å². The first-order valence-corrected chi connectivity index (χ1v) is 6.29. The number of nitrogens with two attached hydrogens (primary N) is 1. The van der Waals surface area contributed by atoms with E-state index in [0.717, 1.165) is 24.9 Å². The zero-order chi connectivity index (χ0) is 11.8. The lowest BCUT2D eigenvalue weighted by Gasteiger charge is -2.26. The van der Waals surface area contributed by atoms with Gasteiger partial charge in [-0.05, 0) is 32.4 Å². The first kappa shape index (κ1) is 10.8. The maximum atomic E-state index is 5.65. The second-order valence-electron chi connectivity index (χ2n) is 5.06. The lowest BCUT2D eigenvalue weighted by atomic mass is 10.1. The van der Waals surface area contributed by atoms with E-state index >= 15 is 0 Å². The molecule has 17 heavy (non-hydrogen) atoms. The van der Waals surface area contributed by atoms with E-state index in [9.17, 15) is 0 Å². The van der Waals surface area contributed by atoms with Crippen LogP contribution >= 0.6 is 0 Å². The van der Waals surface area contributed by atoms with Crippen molar-refractivity contribution < 1.29 is 0 Å². The number of nitrogen functional groups attached to an aromatic ring is 1. The van der Waals surface area contributed by atoms with Crippen molar-refractivity contribution in [3.63, 3.8) is 0 Å². The molecular weight excluding hydrogens is 214 g/mol. The van der Waals surface area contributed by atoms with E-state index in [1.54, 1.807) is 6.20 Å². The van der Waals surface area contributed by atoms with Crippen LogP contribution in [0.25, 0.3) is 0 Å². The van der Waals surface area contributed by atoms with Gasteiger partial charge in [0, 0.05) is 31.4 Å². The van der Waals surface area contributed by atoms with E-state index in [1.165, 1.54) is 19.3 Å². The summed E-state index contributed by atoms with van der Waals surface area (Å²) in [5.41, 5.74) is 5.65. The first-order valence-electron chi connectivity index (χ1n) is 6.29. The lowest BCUT2D eigenvalue weighted by Crippen LogP contribution is -2.37. The molecule has 1 aromatic rings. The molecule has 2 aliphatic heterocycles. The van der Waals surface area contributed by atoms with Gasteiger partial charge < -0.3 is 10.6 Å². The molecule has 92 valence electrons. The van der Waals surface area contributed by atoms with Crippen molar-refractivity contribution in [3.8, 4) is 0 Å². The van der Waals surface area contributed by atoms with Gasteiger partial charge in [-0.1, -0.05) is 0 Å². The van der Waals surface area contributed by atoms with Crippen molar-refractivity contribution in [2.24, 2.45) is 0 Å². The van der Waals surface area contributed by atoms with Gasteiger partial charge in [0.25, 0.3) is 0 Å². The van der Waals surface area contributed by atoms with Gasteiger partial charge in [-0.3, -0.25) is 4.90 Å². The van der Waals surface area contributed by atoms with Crippen LogP contribution in [0.3, 0.4) is 0 Å². The van der Waals surface area contributed by atoms with Crippen LogP contribution in [0.5, 0.6) is 0 Å². The molecule has 3 rings (SSSR count). The lowest BCUT2D eigenvalue weighted by molar-refractivity contribution is 0.254. The number of likely N-dealkylation sites (N-methyl/N-ethyl adjacent to an activating group) is 1. The van der Waals surface area contributed by atoms with Crippen molar-refractivity contribution >= 4 is 11.8 Å². The third kappa shape index (κ3) is 1.95. The van der Waals surface area contributed by atoms with Gasteiger partial charge in [0.2, 0.25) is 5.95 Å². The number of fused-ring (bicyclic) bond motifs is 2. The highest BCUT2D eigenvalue weighted by atomic mass is 15.3. The molecule has 0 saturated carbocycles. The number of hydrogen-bond acceptors (Lipinski definition) is 5.